The Morgan fingerprint density at radius 1 is 1.12 bits per heavy atom. The number of ether oxygens (including phenoxy) is 1. The Balaban J connectivity index is 1.60. The van der Waals surface area contributed by atoms with E-state index in [9.17, 15) is 0 Å². The summed E-state index contributed by atoms with van der Waals surface area (Å²) in [5.74, 6) is 0. The monoisotopic (exact) mass is 226 g/mol. The summed E-state index contributed by atoms with van der Waals surface area (Å²) in [7, 11) is 0. The van der Waals surface area contributed by atoms with Crippen LogP contribution in [0.25, 0.3) is 0 Å². The first kappa shape index (κ1) is 12.3. The number of hydrogen-bond acceptors (Lipinski definition) is 3. The van der Waals surface area contributed by atoms with Gasteiger partial charge in [-0.1, -0.05) is 6.42 Å². The minimum Gasteiger partial charge on any atom is -0.378 e. The quantitative estimate of drug-likeness (QED) is 0.719. The van der Waals surface area contributed by atoms with Crippen molar-refractivity contribution < 1.29 is 4.74 Å². The maximum absolute atomic E-state index is 5.67. The highest BCUT2D eigenvalue weighted by Gasteiger charge is 2.24. The zero-order valence-corrected chi connectivity index (χ0v) is 10.4. The first-order valence-corrected chi connectivity index (χ1v) is 6.96. The van der Waals surface area contributed by atoms with Gasteiger partial charge in [-0.3, -0.25) is 4.90 Å². The molecule has 2 rings (SSSR count). The highest BCUT2D eigenvalue weighted by molar-refractivity contribution is 4.80. The van der Waals surface area contributed by atoms with E-state index >= 15 is 0 Å². The molecule has 1 saturated heterocycles. The second kappa shape index (κ2) is 6.58. The SMILES string of the molecule is NCCN(CCCC1CCCO1)C1CCC1. The molecule has 2 fully saturated rings. The third-order valence-corrected chi connectivity index (χ3v) is 4.00. The lowest BCUT2D eigenvalue weighted by molar-refractivity contribution is 0.0882. The van der Waals surface area contributed by atoms with Crippen LogP contribution in [0.15, 0.2) is 0 Å². The summed E-state index contributed by atoms with van der Waals surface area (Å²) in [5, 5.41) is 0. The fourth-order valence-electron chi connectivity index (χ4n) is 2.79. The third kappa shape index (κ3) is 3.44. The van der Waals surface area contributed by atoms with Crippen LogP contribution in [0.3, 0.4) is 0 Å². The summed E-state index contributed by atoms with van der Waals surface area (Å²) in [4.78, 5) is 2.60. The molecule has 0 radical (unpaired) electrons. The predicted octanol–water partition coefficient (Wildman–Crippen LogP) is 1.76. The van der Waals surface area contributed by atoms with Gasteiger partial charge in [-0.15, -0.1) is 0 Å². The molecule has 3 heteroatoms. The molecule has 2 aliphatic rings. The van der Waals surface area contributed by atoms with Crippen LogP contribution in [-0.2, 0) is 4.74 Å². The molecule has 0 aromatic rings. The second-order valence-electron chi connectivity index (χ2n) is 5.19. The molecule has 3 nitrogen and oxygen atoms in total. The predicted molar refractivity (Wildman–Crippen MR) is 66.5 cm³/mol. The van der Waals surface area contributed by atoms with Crippen molar-refractivity contribution in [2.75, 3.05) is 26.2 Å². The summed E-state index contributed by atoms with van der Waals surface area (Å²) in [6.07, 6.45) is 9.81. The number of hydrogen-bond donors (Lipinski definition) is 1. The molecule has 0 bridgehead atoms. The average Bonchev–Trinajstić information content (AvgIpc) is 2.68. The van der Waals surface area contributed by atoms with Gasteiger partial charge in [0.25, 0.3) is 0 Å². The maximum Gasteiger partial charge on any atom is 0.0576 e. The van der Waals surface area contributed by atoms with Gasteiger partial charge in [-0.25, -0.2) is 0 Å². The number of rotatable bonds is 7. The molecule has 1 saturated carbocycles. The molecule has 0 aromatic heterocycles. The van der Waals surface area contributed by atoms with Crippen molar-refractivity contribution >= 4 is 0 Å². The molecule has 1 atom stereocenters. The van der Waals surface area contributed by atoms with Gasteiger partial charge in [0, 0.05) is 25.7 Å². The molecule has 1 unspecified atom stereocenters. The summed E-state index contributed by atoms with van der Waals surface area (Å²) in [5.41, 5.74) is 5.67. The van der Waals surface area contributed by atoms with Crippen LogP contribution in [0.1, 0.15) is 44.9 Å². The van der Waals surface area contributed by atoms with Crippen LogP contribution in [-0.4, -0.2) is 43.3 Å². The van der Waals surface area contributed by atoms with Gasteiger partial charge in [0.1, 0.15) is 0 Å². The molecule has 94 valence electrons. The molecule has 1 heterocycles. The molecule has 16 heavy (non-hydrogen) atoms. The first-order chi connectivity index (χ1) is 7.90. The van der Waals surface area contributed by atoms with E-state index in [4.69, 9.17) is 10.5 Å². The van der Waals surface area contributed by atoms with Gasteiger partial charge < -0.3 is 10.5 Å². The van der Waals surface area contributed by atoms with Crippen LogP contribution in [0.5, 0.6) is 0 Å². The van der Waals surface area contributed by atoms with Crippen LogP contribution in [0.2, 0.25) is 0 Å². The lowest BCUT2D eigenvalue weighted by atomic mass is 9.91. The van der Waals surface area contributed by atoms with Crippen molar-refractivity contribution in [2.45, 2.75) is 57.1 Å². The fraction of sp³-hybridized carbons (Fsp3) is 1.00. The average molecular weight is 226 g/mol. The van der Waals surface area contributed by atoms with Crippen LogP contribution >= 0.6 is 0 Å². The van der Waals surface area contributed by atoms with E-state index in [0.717, 1.165) is 25.7 Å². The Bertz CT molecular complexity index is 188. The standard InChI is InChI=1S/C13H26N2O/c14-8-10-15(12-4-1-5-12)9-2-6-13-7-3-11-16-13/h12-13H,1-11,14H2. The Kier molecular flexibility index (Phi) is 5.07. The highest BCUT2D eigenvalue weighted by atomic mass is 16.5. The molecular formula is C13H26N2O. The van der Waals surface area contributed by atoms with E-state index in [1.165, 1.54) is 51.5 Å². The first-order valence-electron chi connectivity index (χ1n) is 6.96. The summed E-state index contributed by atoms with van der Waals surface area (Å²) >= 11 is 0. The lowest BCUT2D eigenvalue weighted by Crippen LogP contribution is -2.43. The van der Waals surface area contributed by atoms with E-state index in [-0.39, 0.29) is 0 Å². The summed E-state index contributed by atoms with van der Waals surface area (Å²) < 4.78 is 5.65. The maximum atomic E-state index is 5.67. The zero-order valence-electron chi connectivity index (χ0n) is 10.4. The minimum atomic E-state index is 0.557. The second-order valence-corrected chi connectivity index (χ2v) is 5.19. The molecular weight excluding hydrogens is 200 g/mol. The van der Waals surface area contributed by atoms with Crippen LogP contribution < -0.4 is 5.73 Å². The molecule has 1 aliphatic heterocycles. The Morgan fingerprint density at radius 3 is 2.56 bits per heavy atom. The molecule has 1 aliphatic carbocycles. The topological polar surface area (TPSA) is 38.5 Å². The minimum absolute atomic E-state index is 0.557. The van der Waals surface area contributed by atoms with E-state index < -0.39 is 0 Å². The Labute approximate surface area is 99.3 Å². The van der Waals surface area contributed by atoms with Crippen molar-refractivity contribution in [3.8, 4) is 0 Å². The molecule has 0 aromatic carbocycles. The van der Waals surface area contributed by atoms with E-state index in [2.05, 4.69) is 4.90 Å². The summed E-state index contributed by atoms with van der Waals surface area (Å²) in [6.45, 7) is 4.09. The molecule has 0 amide bonds. The van der Waals surface area contributed by atoms with Gasteiger partial charge in [-0.2, -0.15) is 0 Å². The number of nitrogens with zero attached hydrogens (tertiary/aromatic N) is 1. The summed E-state index contributed by atoms with van der Waals surface area (Å²) in [6, 6.07) is 0.841. The Morgan fingerprint density at radius 2 is 2.00 bits per heavy atom. The molecule has 0 spiro atoms. The normalized spacial score (nSPS) is 26.2. The van der Waals surface area contributed by atoms with Gasteiger partial charge in [0.05, 0.1) is 6.10 Å². The van der Waals surface area contributed by atoms with Crippen molar-refractivity contribution in [3.63, 3.8) is 0 Å². The fourth-order valence-corrected chi connectivity index (χ4v) is 2.79. The zero-order chi connectivity index (χ0) is 11.2. The smallest absolute Gasteiger partial charge is 0.0576 e. The van der Waals surface area contributed by atoms with Gasteiger partial charge >= 0.3 is 0 Å². The van der Waals surface area contributed by atoms with E-state index in [0.29, 0.717) is 6.10 Å². The van der Waals surface area contributed by atoms with E-state index in [1.807, 2.05) is 0 Å². The van der Waals surface area contributed by atoms with Crippen molar-refractivity contribution in [3.05, 3.63) is 0 Å². The van der Waals surface area contributed by atoms with Gasteiger partial charge in [0.15, 0.2) is 0 Å². The van der Waals surface area contributed by atoms with Gasteiger partial charge in [-0.05, 0) is 45.1 Å². The van der Waals surface area contributed by atoms with Crippen molar-refractivity contribution in [1.29, 1.82) is 0 Å². The van der Waals surface area contributed by atoms with Gasteiger partial charge in [0.2, 0.25) is 0 Å². The van der Waals surface area contributed by atoms with Crippen molar-refractivity contribution in [2.24, 2.45) is 5.73 Å². The lowest BCUT2D eigenvalue weighted by Gasteiger charge is -2.37. The third-order valence-electron chi connectivity index (χ3n) is 4.00. The van der Waals surface area contributed by atoms with Crippen LogP contribution in [0.4, 0.5) is 0 Å². The Hall–Kier alpha value is -0.120. The van der Waals surface area contributed by atoms with E-state index in [1.54, 1.807) is 0 Å². The van der Waals surface area contributed by atoms with Crippen LogP contribution in [0, 0.1) is 0 Å². The number of nitrogens with two attached hydrogens (primary N) is 1. The van der Waals surface area contributed by atoms with Crippen molar-refractivity contribution in [1.82, 2.24) is 4.90 Å². The molecule has 2 N–H and O–H groups in total. The largest absolute Gasteiger partial charge is 0.378 e. The highest BCUT2D eigenvalue weighted by Crippen LogP contribution is 2.25.